The van der Waals surface area contributed by atoms with Crippen molar-refractivity contribution in [3.8, 4) is 11.1 Å². The van der Waals surface area contributed by atoms with Crippen LogP contribution in [0.5, 0.6) is 0 Å². The van der Waals surface area contributed by atoms with Gasteiger partial charge in [0, 0.05) is 11.6 Å². The first-order chi connectivity index (χ1) is 8.22. The van der Waals surface area contributed by atoms with E-state index >= 15 is 0 Å². The molecule has 0 aliphatic carbocycles. The van der Waals surface area contributed by atoms with Gasteiger partial charge in [0.05, 0.1) is 0 Å². The van der Waals surface area contributed by atoms with Crippen LogP contribution in [0.3, 0.4) is 0 Å². The monoisotopic (exact) mass is 224 g/mol. The first kappa shape index (κ1) is 11.6. The van der Waals surface area contributed by atoms with E-state index in [0.717, 1.165) is 0 Å². The molecule has 0 atom stereocenters. The van der Waals surface area contributed by atoms with E-state index in [0.29, 0.717) is 0 Å². The maximum Gasteiger partial charge on any atom is 0.176 e. The zero-order chi connectivity index (χ0) is 12.3. The van der Waals surface area contributed by atoms with Crippen LogP contribution in [0.25, 0.3) is 16.7 Å². The molecule has 1 aromatic heterocycles. The summed E-state index contributed by atoms with van der Waals surface area (Å²) in [5, 5.41) is 0. The fourth-order valence-electron chi connectivity index (χ4n) is 1.98. The average molecular weight is 224 g/mol. The Morgan fingerprint density at radius 2 is 1.88 bits per heavy atom. The number of aryl methyl sites for hydroxylation is 1. The molecule has 0 spiro atoms. The molecule has 1 heterocycles. The number of nitrogens with zero attached hydrogens (tertiary/aromatic N) is 1. The molecule has 86 valence electrons. The number of allylic oxidation sites excluding steroid dienone is 2. The average Bonchev–Trinajstić information content (AvgIpc) is 2.38. The van der Waals surface area contributed by atoms with Gasteiger partial charge in [-0.1, -0.05) is 30.3 Å². The second kappa shape index (κ2) is 4.96. The topological polar surface area (TPSA) is 3.88 Å². The maximum atomic E-state index is 2.18. The van der Waals surface area contributed by atoms with Crippen molar-refractivity contribution < 1.29 is 4.57 Å². The second-order valence-electron chi connectivity index (χ2n) is 4.28. The summed E-state index contributed by atoms with van der Waals surface area (Å²) < 4.78 is 2.08. The first-order valence-corrected chi connectivity index (χ1v) is 5.90. The summed E-state index contributed by atoms with van der Waals surface area (Å²) in [6.45, 7) is 4.23. The zero-order valence-corrected chi connectivity index (χ0v) is 10.6. The predicted molar refractivity (Wildman–Crippen MR) is 72.4 cm³/mol. The lowest BCUT2D eigenvalue weighted by Gasteiger charge is -2.08. The lowest BCUT2D eigenvalue weighted by molar-refractivity contribution is -0.671. The van der Waals surface area contributed by atoms with Gasteiger partial charge < -0.3 is 0 Å². The van der Waals surface area contributed by atoms with Gasteiger partial charge in [-0.2, -0.15) is 0 Å². The highest BCUT2D eigenvalue weighted by atomic mass is 14.9. The van der Waals surface area contributed by atoms with Crippen molar-refractivity contribution >= 4 is 5.57 Å². The van der Waals surface area contributed by atoms with E-state index in [-0.39, 0.29) is 0 Å². The van der Waals surface area contributed by atoms with Crippen molar-refractivity contribution in [3.05, 3.63) is 60.4 Å². The molecule has 0 amide bonds. The Balaban J connectivity index is 2.60. The highest BCUT2D eigenvalue weighted by Gasteiger charge is 2.07. The summed E-state index contributed by atoms with van der Waals surface area (Å²) in [5.74, 6) is 0. The minimum Gasteiger partial charge on any atom is -0.207 e. The third-order valence-electron chi connectivity index (χ3n) is 3.04. The molecule has 0 radical (unpaired) electrons. The molecular weight excluding hydrogens is 206 g/mol. The van der Waals surface area contributed by atoms with Crippen molar-refractivity contribution in [2.24, 2.45) is 7.05 Å². The minimum atomic E-state index is 1.26. The van der Waals surface area contributed by atoms with Gasteiger partial charge in [-0.05, 0) is 36.6 Å². The summed E-state index contributed by atoms with van der Waals surface area (Å²) in [6.07, 6.45) is 6.36. The van der Waals surface area contributed by atoms with Gasteiger partial charge in [-0.25, -0.2) is 4.57 Å². The normalized spacial score (nSPS) is 11.6. The number of benzene rings is 1. The van der Waals surface area contributed by atoms with Crippen LogP contribution in [0.15, 0.2) is 54.9 Å². The quantitative estimate of drug-likeness (QED) is 0.686. The third kappa shape index (κ3) is 2.44. The van der Waals surface area contributed by atoms with Gasteiger partial charge in [0.2, 0.25) is 0 Å². The smallest absolute Gasteiger partial charge is 0.176 e. The number of pyridine rings is 1. The number of hydrogen-bond donors (Lipinski definition) is 0. The highest BCUT2D eigenvalue weighted by Crippen LogP contribution is 2.27. The summed E-state index contributed by atoms with van der Waals surface area (Å²) in [7, 11) is 2.05. The van der Waals surface area contributed by atoms with Crippen molar-refractivity contribution in [3.63, 3.8) is 0 Å². The molecule has 0 fully saturated rings. The molecule has 1 nitrogen and oxygen atoms in total. The first-order valence-electron chi connectivity index (χ1n) is 5.90. The van der Waals surface area contributed by atoms with Gasteiger partial charge >= 0.3 is 0 Å². The number of hydrogen-bond acceptors (Lipinski definition) is 0. The largest absolute Gasteiger partial charge is 0.207 e. The van der Waals surface area contributed by atoms with Crippen molar-refractivity contribution in [1.82, 2.24) is 0 Å². The third-order valence-corrected chi connectivity index (χ3v) is 3.04. The highest BCUT2D eigenvalue weighted by molar-refractivity contribution is 5.79. The maximum absolute atomic E-state index is 2.18. The zero-order valence-electron chi connectivity index (χ0n) is 10.6. The Bertz CT molecular complexity index is 553. The van der Waals surface area contributed by atoms with Crippen molar-refractivity contribution in [1.29, 1.82) is 0 Å². The molecule has 2 aromatic rings. The van der Waals surface area contributed by atoms with E-state index in [9.17, 15) is 0 Å². The van der Waals surface area contributed by atoms with Crippen LogP contribution in [0.2, 0.25) is 0 Å². The van der Waals surface area contributed by atoms with Gasteiger partial charge in [0.15, 0.2) is 12.4 Å². The van der Waals surface area contributed by atoms with Crippen LogP contribution in [0.4, 0.5) is 0 Å². The fourth-order valence-corrected chi connectivity index (χ4v) is 1.98. The van der Waals surface area contributed by atoms with Crippen LogP contribution in [0.1, 0.15) is 19.4 Å². The van der Waals surface area contributed by atoms with Gasteiger partial charge in [0.1, 0.15) is 7.05 Å². The molecule has 1 heteroatoms. The van der Waals surface area contributed by atoms with E-state index < -0.39 is 0 Å². The lowest BCUT2D eigenvalue weighted by atomic mass is 9.96. The Hall–Kier alpha value is -1.89. The van der Waals surface area contributed by atoms with Gasteiger partial charge in [0.25, 0.3) is 0 Å². The molecule has 17 heavy (non-hydrogen) atoms. The van der Waals surface area contributed by atoms with Gasteiger partial charge in [-0.15, -0.1) is 0 Å². The predicted octanol–water partition coefficient (Wildman–Crippen LogP) is 3.60. The molecular formula is C16H18N+. The molecule has 0 unspecified atom stereocenters. The van der Waals surface area contributed by atoms with Crippen molar-refractivity contribution in [2.45, 2.75) is 13.8 Å². The Labute approximate surface area is 103 Å². The fraction of sp³-hybridized carbons (Fsp3) is 0.188. The van der Waals surface area contributed by atoms with E-state index in [4.69, 9.17) is 0 Å². The minimum absolute atomic E-state index is 1.26. The van der Waals surface area contributed by atoms with Crippen LogP contribution in [0, 0.1) is 0 Å². The number of rotatable bonds is 2. The lowest BCUT2D eigenvalue weighted by Crippen LogP contribution is -2.26. The molecule has 0 aliphatic rings. The summed E-state index contributed by atoms with van der Waals surface area (Å²) >= 11 is 0. The molecule has 0 N–H and O–H groups in total. The molecule has 2 rings (SSSR count). The summed E-state index contributed by atoms with van der Waals surface area (Å²) in [6, 6.07) is 12.8. The van der Waals surface area contributed by atoms with Crippen LogP contribution in [-0.4, -0.2) is 0 Å². The Kier molecular flexibility index (Phi) is 3.38. The van der Waals surface area contributed by atoms with E-state index in [1.165, 1.54) is 22.3 Å². The Morgan fingerprint density at radius 3 is 2.59 bits per heavy atom. The molecule has 0 saturated carbocycles. The van der Waals surface area contributed by atoms with Crippen LogP contribution < -0.4 is 4.57 Å². The summed E-state index contributed by atoms with van der Waals surface area (Å²) in [5.41, 5.74) is 5.17. The van der Waals surface area contributed by atoms with Crippen molar-refractivity contribution in [2.75, 3.05) is 0 Å². The molecule has 0 aliphatic heterocycles. The standard InChI is InChI=1S/C16H18N/c1-4-13(2)15-9-5-6-10-16(15)14-8-7-11-17(3)12-14/h4-12H,1-3H3/q+1/b13-4+. The van der Waals surface area contributed by atoms with Crippen LogP contribution >= 0.6 is 0 Å². The number of aromatic nitrogens is 1. The van der Waals surface area contributed by atoms with E-state index in [2.05, 4.69) is 80.3 Å². The van der Waals surface area contributed by atoms with Gasteiger partial charge in [-0.3, -0.25) is 0 Å². The molecule has 0 bridgehead atoms. The molecule has 0 saturated heterocycles. The molecule has 1 aromatic carbocycles. The SMILES string of the molecule is C/C=C(\C)c1ccccc1-c1ccc[n+](C)c1. The van der Waals surface area contributed by atoms with E-state index in [1.54, 1.807) is 0 Å². The second-order valence-corrected chi connectivity index (χ2v) is 4.28. The van der Waals surface area contributed by atoms with Crippen LogP contribution in [-0.2, 0) is 7.05 Å². The van der Waals surface area contributed by atoms with E-state index in [1.807, 2.05) is 0 Å². The summed E-state index contributed by atoms with van der Waals surface area (Å²) in [4.78, 5) is 0. The Morgan fingerprint density at radius 1 is 1.12 bits per heavy atom.